The van der Waals surface area contributed by atoms with Gasteiger partial charge in [0.15, 0.2) is 11.5 Å². The van der Waals surface area contributed by atoms with Crippen molar-refractivity contribution in [3.05, 3.63) is 53.6 Å². The van der Waals surface area contributed by atoms with Crippen LogP contribution in [0.15, 0.2) is 42.5 Å². The molecule has 0 radical (unpaired) electrons. The maximum absolute atomic E-state index is 12.5. The Hall–Kier alpha value is -3.29. The van der Waals surface area contributed by atoms with Crippen LogP contribution >= 0.6 is 0 Å². The van der Waals surface area contributed by atoms with E-state index in [0.29, 0.717) is 23.7 Å². The number of alkyl halides is 2. The van der Waals surface area contributed by atoms with Crippen LogP contribution in [-0.2, 0) is 11.3 Å². The minimum Gasteiger partial charge on any atom is -0.497 e. The minimum atomic E-state index is -2.95. The number of ether oxygens (including phenoxy) is 4. The molecule has 2 aromatic rings. The van der Waals surface area contributed by atoms with Gasteiger partial charge in [-0.25, -0.2) is 0 Å². The van der Waals surface area contributed by atoms with Gasteiger partial charge in [-0.1, -0.05) is 6.07 Å². The van der Waals surface area contributed by atoms with E-state index in [1.807, 2.05) is 0 Å². The predicted octanol–water partition coefficient (Wildman–Crippen LogP) is 4.38. The van der Waals surface area contributed by atoms with Crippen molar-refractivity contribution in [1.82, 2.24) is 4.90 Å². The summed E-state index contributed by atoms with van der Waals surface area (Å²) in [5, 5.41) is 0. The maximum Gasteiger partial charge on any atom is 0.387 e. The zero-order chi connectivity index (χ0) is 22.1. The molecule has 2 aromatic carbocycles. The summed E-state index contributed by atoms with van der Waals surface area (Å²) in [6.45, 7) is -0.644. The van der Waals surface area contributed by atoms with Gasteiger partial charge in [0.2, 0.25) is 5.91 Å². The Kier molecular flexibility index (Phi) is 8.46. The first kappa shape index (κ1) is 23.0. The van der Waals surface area contributed by atoms with Gasteiger partial charge >= 0.3 is 6.61 Å². The molecule has 0 heterocycles. The number of halogens is 2. The molecule has 0 saturated heterocycles. The number of hydrogen-bond acceptors (Lipinski definition) is 5. The highest BCUT2D eigenvalue weighted by Gasteiger charge is 2.13. The fraction of sp³-hybridized carbons (Fsp3) is 0.318. The van der Waals surface area contributed by atoms with E-state index < -0.39 is 6.61 Å². The van der Waals surface area contributed by atoms with Crippen LogP contribution in [0.1, 0.15) is 18.1 Å². The van der Waals surface area contributed by atoms with Crippen molar-refractivity contribution in [2.75, 3.05) is 27.9 Å². The van der Waals surface area contributed by atoms with Crippen molar-refractivity contribution < 1.29 is 32.5 Å². The quantitative estimate of drug-likeness (QED) is 0.533. The fourth-order valence-electron chi connectivity index (χ4n) is 2.71. The first-order valence-electron chi connectivity index (χ1n) is 9.23. The SMILES string of the molecule is CCOc1cc(CN(C)C(=O)/C=C/c2ccc(OC)cc2OC)ccc1OC(F)F. The normalized spacial score (nSPS) is 10.9. The van der Waals surface area contributed by atoms with E-state index in [2.05, 4.69) is 4.74 Å². The van der Waals surface area contributed by atoms with Crippen LogP contribution in [0.5, 0.6) is 23.0 Å². The van der Waals surface area contributed by atoms with Crippen molar-refractivity contribution in [3.8, 4) is 23.0 Å². The number of nitrogens with zero attached hydrogens (tertiary/aromatic N) is 1. The number of hydrogen-bond donors (Lipinski definition) is 0. The highest BCUT2D eigenvalue weighted by atomic mass is 19.3. The van der Waals surface area contributed by atoms with Gasteiger partial charge in [0, 0.05) is 31.3 Å². The van der Waals surface area contributed by atoms with E-state index in [1.165, 1.54) is 24.2 Å². The summed E-state index contributed by atoms with van der Waals surface area (Å²) in [7, 11) is 4.74. The van der Waals surface area contributed by atoms with Crippen molar-refractivity contribution in [2.24, 2.45) is 0 Å². The second-order valence-electron chi connectivity index (χ2n) is 6.23. The Labute approximate surface area is 174 Å². The van der Waals surface area contributed by atoms with E-state index in [1.54, 1.807) is 57.5 Å². The summed E-state index contributed by atoms with van der Waals surface area (Å²) >= 11 is 0. The fourth-order valence-corrected chi connectivity index (χ4v) is 2.71. The van der Waals surface area contributed by atoms with Crippen LogP contribution in [0, 0.1) is 0 Å². The second kappa shape index (κ2) is 11.0. The summed E-state index contributed by atoms with van der Waals surface area (Å²) < 4.78 is 45.4. The van der Waals surface area contributed by atoms with E-state index in [-0.39, 0.29) is 24.0 Å². The number of methoxy groups -OCH3 is 2. The molecule has 162 valence electrons. The van der Waals surface area contributed by atoms with E-state index in [4.69, 9.17) is 14.2 Å². The lowest BCUT2D eigenvalue weighted by Gasteiger charge is -2.17. The van der Waals surface area contributed by atoms with Crippen LogP contribution in [-0.4, -0.2) is 45.3 Å². The van der Waals surface area contributed by atoms with Gasteiger partial charge in [-0.05, 0) is 42.8 Å². The molecule has 0 bridgehead atoms. The third-order valence-electron chi connectivity index (χ3n) is 4.17. The Balaban J connectivity index is 2.10. The van der Waals surface area contributed by atoms with Gasteiger partial charge in [-0.3, -0.25) is 4.79 Å². The molecule has 8 heteroatoms. The monoisotopic (exact) mass is 421 g/mol. The Morgan fingerprint density at radius 1 is 1.07 bits per heavy atom. The van der Waals surface area contributed by atoms with E-state index in [9.17, 15) is 13.6 Å². The number of benzene rings is 2. The number of carbonyl (C=O) groups excluding carboxylic acids is 1. The molecule has 30 heavy (non-hydrogen) atoms. The van der Waals surface area contributed by atoms with Gasteiger partial charge in [0.05, 0.1) is 20.8 Å². The summed E-state index contributed by atoms with van der Waals surface area (Å²) in [4.78, 5) is 14.0. The number of rotatable bonds is 10. The van der Waals surface area contributed by atoms with Gasteiger partial charge in [0.1, 0.15) is 11.5 Å². The molecule has 0 spiro atoms. The van der Waals surface area contributed by atoms with Gasteiger partial charge < -0.3 is 23.8 Å². The maximum atomic E-state index is 12.5. The highest BCUT2D eigenvalue weighted by Crippen LogP contribution is 2.30. The van der Waals surface area contributed by atoms with Crippen molar-refractivity contribution in [1.29, 1.82) is 0 Å². The zero-order valence-electron chi connectivity index (χ0n) is 17.4. The molecule has 0 saturated carbocycles. The molecular formula is C22H25F2NO5. The first-order chi connectivity index (χ1) is 14.4. The summed E-state index contributed by atoms with van der Waals surface area (Å²) in [5.41, 5.74) is 1.44. The van der Waals surface area contributed by atoms with Crippen LogP contribution in [0.2, 0.25) is 0 Å². The first-order valence-corrected chi connectivity index (χ1v) is 9.23. The third kappa shape index (κ3) is 6.37. The zero-order valence-corrected chi connectivity index (χ0v) is 17.4. The molecule has 0 atom stereocenters. The molecule has 6 nitrogen and oxygen atoms in total. The van der Waals surface area contributed by atoms with Gasteiger partial charge in [0.25, 0.3) is 0 Å². The van der Waals surface area contributed by atoms with E-state index >= 15 is 0 Å². The van der Waals surface area contributed by atoms with Crippen LogP contribution in [0.3, 0.4) is 0 Å². The van der Waals surface area contributed by atoms with Crippen molar-refractivity contribution in [3.63, 3.8) is 0 Å². The molecule has 0 aliphatic rings. The smallest absolute Gasteiger partial charge is 0.387 e. The molecule has 0 aliphatic heterocycles. The molecule has 0 unspecified atom stereocenters. The van der Waals surface area contributed by atoms with E-state index in [0.717, 1.165) is 5.56 Å². The highest BCUT2D eigenvalue weighted by molar-refractivity contribution is 5.92. The Bertz CT molecular complexity index is 886. The largest absolute Gasteiger partial charge is 0.497 e. The molecule has 0 aromatic heterocycles. The molecular weight excluding hydrogens is 396 g/mol. The third-order valence-corrected chi connectivity index (χ3v) is 4.17. The second-order valence-corrected chi connectivity index (χ2v) is 6.23. The van der Waals surface area contributed by atoms with Crippen LogP contribution in [0.25, 0.3) is 6.08 Å². The summed E-state index contributed by atoms with van der Waals surface area (Å²) in [5.74, 6) is 1.15. The van der Waals surface area contributed by atoms with Crippen LogP contribution < -0.4 is 18.9 Å². The predicted molar refractivity (Wildman–Crippen MR) is 109 cm³/mol. The minimum absolute atomic E-state index is 0.0453. The number of likely N-dealkylation sites (N-methyl/N-ethyl adjacent to an activating group) is 1. The lowest BCUT2D eigenvalue weighted by atomic mass is 10.1. The Morgan fingerprint density at radius 3 is 2.47 bits per heavy atom. The average Bonchev–Trinajstić information content (AvgIpc) is 2.73. The lowest BCUT2D eigenvalue weighted by Crippen LogP contribution is -2.24. The number of amides is 1. The molecule has 0 fully saturated rings. The topological polar surface area (TPSA) is 57.2 Å². The average molecular weight is 421 g/mol. The summed E-state index contributed by atoms with van der Waals surface area (Å²) in [6, 6.07) is 9.89. The van der Waals surface area contributed by atoms with Gasteiger partial charge in [-0.2, -0.15) is 8.78 Å². The van der Waals surface area contributed by atoms with Gasteiger partial charge in [-0.15, -0.1) is 0 Å². The molecule has 0 aliphatic carbocycles. The van der Waals surface area contributed by atoms with Crippen molar-refractivity contribution in [2.45, 2.75) is 20.1 Å². The van der Waals surface area contributed by atoms with Crippen LogP contribution in [0.4, 0.5) is 8.78 Å². The van der Waals surface area contributed by atoms with Crippen molar-refractivity contribution >= 4 is 12.0 Å². The standard InChI is InChI=1S/C22H25F2NO5/c1-5-29-20-12-15(6-10-18(20)30-22(23)24)14-25(2)21(26)11-8-16-7-9-17(27-3)13-19(16)28-4/h6-13,22H,5,14H2,1-4H3/b11-8+. The molecule has 2 rings (SSSR count). The number of carbonyl (C=O) groups is 1. The lowest BCUT2D eigenvalue weighted by molar-refractivity contribution is -0.125. The Morgan fingerprint density at radius 2 is 1.83 bits per heavy atom. The molecule has 1 amide bonds. The molecule has 0 N–H and O–H groups in total. The summed E-state index contributed by atoms with van der Waals surface area (Å²) in [6.07, 6.45) is 3.09.